The highest BCUT2D eigenvalue weighted by atomic mass is 16.5. The Labute approximate surface area is 173 Å². The first-order valence-electron chi connectivity index (χ1n) is 9.35. The van der Waals surface area contributed by atoms with E-state index in [1.807, 2.05) is 12.1 Å². The van der Waals surface area contributed by atoms with Crippen molar-refractivity contribution in [3.05, 3.63) is 53.9 Å². The second-order valence-corrected chi connectivity index (χ2v) is 6.60. The SMILES string of the molecule is COc1cc(Nc2cncc(Oc3cccc4c3C(=O)CC4)n2)cc(OC)c1OC. The van der Waals surface area contributed by atoms with Gasteiger partial charge in [0.2, 0.25) is 11.6 Å². The Morgan fingerprint density at radius 1 is 0.933 bits per heavy atom. The summed E-state index contributed by atoms with van der Waals surface area (Å²) in [5.74, 6) is 2.84. The van der Waals surface area contributed by atoms with Crippen molar-refractivity contribution in [3.8, 4) is 28.9 Å². The van der Waals surface area contributed by atoms with E-state index in [9.17, 15) is 4.79 Å². The second-order valence-electron chi connectivity index (χ2n) is 6.60. The van der Waals surface area contributed by atoms with Gasteiger partial charge >= 0.3 is 0 Å². The fraction of sp³-hybridized carbons (Fsp3) is 0.227. The highest BCUT2D eigenvalue weighted by Crippen LogP contribution is 2.40. The molecule has 0 bridgehead atoms. The predicted octanol–water partition coefficient (Wildman–Crippen LogP) is 4.17. The third kappa shape index (κ3) is 3.71. The lowest BCUT2D eigenvalue weighted by Crippen LogP contribution is -2.01. The largest absolute Gasteiger partial charge is 0.493 e. The minimum absolute atomic E-state index is 0.0836. The molecular weight excluding hydrogens is 386 g/mol. The zero-order valence-corrected chi connectivity index (χ0v) is 16.9. The Morgan fingerprint density at radius 3 is 2.40 bits per heavy atom. The molecule has 154 valence electrons. The van der Waals surface area contributed by atoms with Gasteiger partial charge in [-0.3, -0.25) is 9.78 Å². The fourth-order valence-corrected chi connectivity index (χ4v) is 3.43. The Hall–Kier alpha value is -3.81. The molecule has 1 aliphatic carbocycles. The summed E-state index contributed by atoms with van der Waals surface area (Å²) in [7, 11) is 4.65. The zero-order chi connectivity index (χ0) is 21.1. The second kappa shape index (κ2) is 8.28. The number of ether oxygens (including phenoxy) is 4. The first kappa shape index (κ1) is 19.5. The van der Waals surface area contributed by atoms with E-state index in [1.165, 1.54) is 6.20 Å². The number of hydrogen-bond acceptors (Lipinski definition) is 8. The maximum absolute atomic E-state index is 12.2. The van der Waals surface area contributed by atoms with Crippen LogP contribution in [0.1, 0.15) is 22.3 Å². The Bertz CT molecular complexity index is 1070. The maximum atomic E-state index is 12.2. The number of nitrogens with one attached hydrogen (secondary N) is 1. The number of anilines is 2. The zero-order valence-electron chi connectivity index (χ0n) is 16.9. The molecule has 0 amide bonds. The molecule has 0 radical (unpaired) electrons. The molecule has 0 saturated heterocycles. The number of carbonyl (C=O) groups excluding carboxylic acids is 1. The Morgan fingerprint density at radius 2 is 1.70 bits per heavy atom. The van der Waals surface area contributed by atoms with Crippen LogP contribution in [0.2, 0.25) is 0 Å². The number of benzene rings is 2. The summed E-state index contributed by atoms with van der Waals surface area (Å²) in [6.45, 7) is 0. The highest BCUT2D eigenvalue weighted by molar-refractivity contribution is 6.02. The fourth-order valence-electron chi connectivity index (χ4n) is 3.43. The molecule has 1 heterocycles. The summed E-state index contributed by atoms with van der Waals surface area (Å²) in [4.78, 5) is 20.8. The summed E-state index contributed by atoms with van der Waals surface area (Å²) in [6, 6.07) is 9.11. The van der Waals surface area contributed by atoms with Gasteiger partial charge in [0.05, 0.1) is 39.3 Å². The molecule has 0 fully saturated rings. The van der Waals surface area contributed by atoms with Gasteiger partial charge in [0, 0.05) is 24.2 Å². The van der Waals surface area contributed by atoms with Crippen molar-refractivity contribution in [3.63, 3.8) is 0 Å². The number of ketones is 1. The normalized spacial score (nSPS) is 12.3. The van der Waals surface area contributed by atoms with Gasteiger partial charge < -0.3 is 24.3 Å². The van der Waals surface area contributed by atoms with Crippen molar-refractivity contribution in [2.24, 2.45) is 0 Å². The summed E-state index contributed by atoms with van der Waals surface area (Å²) in [6.07, 6.45) is 4.31. The minimum atomic E-state index is 0.0836. The number of fused-ring (bicyclic) bond motifs is 1. The molecule has 8 heteroatoms. The van der Waals surface area contributed by atoms with Gasteiger partial charge in [0.1, 0.15) is 5.75 Å². The van der Waals surface area contributed by atoms with E-state index in [4.69, 9.17) is 18.9 Å². The monoisotopic (exact) mass is 407 g/mol. The Kier molecular flexibility index (Phi) is 5.38. The van der Waals surface area contributed by atoms with Gasteiger partial charge in [-0.1, -0.05) is 12.1 Å². The van der Waals surface area contributed by atoms with Gasteiger partial charge in [0.15, 0.2) is 23.1 Å². The molecule has 1 aromatic heterocycles. The van der Waals surface area contributed by atoms with Crippen LogP contribution in [0.3, 0.4) is 0 Å². The molecule has 0 saturated carbocycles. The lowest BCUT2D eigenvalue weighted by molar-refractivity contribution is 0.0992. The summed E-state index contributed by atoms with van der Waals surface area (Å²) < 4.78 is 22.0. The number of Topliss-reactive ketones (excluding diaryl/α,β-unsaturated/α-hetero) is 1. The van der Waals surface area contributed by atoms with E-state index < -0.39 is 0 Å². The number of nitrogens with zero attached hydrogens (tertiary/aromatic N) is 2. The predicted molar refractivity (Wildman–Crippen MR) is 111 cm³/mol. The van der Waals surface area contributed by atoms with E-state index in [1.54, 1.807) is 45.7 Å². The van der Waals surface area contributed by atoms with E-state index >= 15 is 0 Å². The van der Waals surface area contributed by atoms with Crippen LogP contribution in [-0.2, 0) is 6.42 Å². The van der Waals surface area contributed by atoms with Crippen molar-refractivity contribution < 1.29 is 23.7 Å². The van der Waals surface area contributed by atoms with Crippen molar-refractivity contribution >= 4 is 17.3 Å². The summed E-state index contributed by atoms with van der Waals surface area (Å²) >= 11 is 0. The van der Waals surface area contributed by atoms with E-state index in [-0.39, 0.29) is 11.7 Å². The molecule has 1 aliphatic rings. The van der Waals surface area contributed by atoms with Crippen LogP contribution in [0.15, 0.2) is 42.7 Å². The van der Waals surface area contributed by atoms with E-state index in [0.29, 0.717) is 46.5 Å². The molecule has 30 heavy (non-hydrogen) atoms. The van der Waals surface area contributed by atoms with Gasteiger partial charge in [-0.05, 0) is 18.1 Å². The smallest absolute Gasteiger partial charge is 0.239 e. The van der Waals surface area contributed by atoms with Crippen molar-refractivity contribution in [1.29, 1.82) is 0 Å². The van der Waals surface area contributed by atoms with Crippen molar-refractivity contribution in [1.82, 2.24) is 9.97 Å². The topological polar surface area (TPSA) is 91.8 Å². The van der Waals surface area contributed by atoms with Crippen LogP contribution >= 0.6 is 0 Å². The van der Waals surface area contributed by atoms with E-state index in [2.05, 4.69) is 15.3 Å². The molecule has 0 spiro atoms. The molecule has 0 unspecified atom stereocenters. The van der Waals surface area contributed by atoms with Gasteiger partial charge in [-0.15, -0.1) is 0 Å². The molecule has 0 aliphatic heterocycles. The minimum Gasteiger partial charge on any atom is -0.493 e. The number of aryl methyl sites for hydroxylation is 1. The van der Waals surface area contributed by atoms with Gasteiger partial charge in [-0.25, -0.2) is 0 Å². The molecule has 8 nitrogen and oxygen atoms in total. The van der Waals surface area contributed by atoms with Crippen LogP contribution in [-0.4, -0.2) is 37.1 Å². The number of hydrogen-bond donors (Lipinski definition) is 1. The molecule has 3 aromatic rings. The number of methoxy groups -OCH3 is 3. The molecule has 4 rings (SSSR count). The average Bonchev–Trinajstić information content (AvgIpc) is 3.15. The van der Waals surface area contributed by atoms with Crippen LogP contribution in [0, 0.1) is 0 Å². The van der Waals surface area contributed by atoms with Gasteiger partial charge in [0.25, 0.3) is 0 Å². The van der Waals surface area contributed by atoms with E-state index in [0.717, 1.165) is 12.0 Å². The first-order chi connectivity index (χ1) is 14.6. The number of rotatable bonds is 7. The molecule has 0 atom stereocenters. The maximum Gasteiger partial charge on any atom is 0.239 e. The average molecular weight is 407 g/mol. The van der Waals surface area contributed by atoms with Crippen LogP contribution in [0.5, 0.6) is 28.9 Å². The Balaban J connectivity index is 1.60. The summed E-state index contributed by atoms with van der Waals surface area (Å²) in [5, 5.41) is 3.16. The third-order valence-electron chi connectivity index (χ3n) is 4.78. The highest BCUT2D eigenvalue weighted by Gasteiger charge is 2.24. The van der Waals surface area contributed by atoms with Crippen LogP contribution < -0.4 is 24.3 Å². The lowest BCUT2D eigenvalue weighted by Gasteiger charge is -2.15. The summed E-state index contributed by atoms with van der Waals surface area (Å²) in [5.41, 5.74) is 2.30. The van der Waals surface area contributed by atoms with Crippen LogP contribution in [0.4, 0.5) is 11.5 Å². The lowest BCUT2D eigenvalue weighted by atomic mass is 10.1. The standard InChI is InChI=1S/C22H21N3O5/c1-27-17-9-14(10-18(28-2)22(17)29-3)24-19-11-23-12-20(25-19)30-16-6-4-5-13-7-8-15(26)21(13)16/h4-6,9-12H,7-8H2,1-3H3,(H,24,25). The quantitative estimate of drug-likeness (QED) is 0.624. The van der Waals surface area contributed by atoms with Crippen molar-refractivity contribution in [2.45, 2.75) is 12.8 Å². The number of carbonyl (C=O) groups is 1. The molecular formula is C22H21N3O5. The van der Waals surface area contributed by atoms with Crippen LogP contribution in [0.25, 0.3) is 0 Å². The first-order valence-corrected chi connectivity index (χ1v) is 9.35. The third-order valence-corrected chi connectivity index (χ3v) is 4.78. The van der Waals surface area contributed by atoms with Gasteiger partial charge in [-0.2, -0.15) is 4.98 Å². The van der Waals surface area contributed by atoms with Crippen molar-refractivity contribution in [2.75, 3.05) is 26.6 Å². The molecule has 1 N–H and O–H groups in total. The number of aromatic nitrogens is 2. The molecule has 2 aromatic carbocycles.